The van der Waals surface area contributed by atoms with Crippen molar-refractivity contribution >= 4 is 17.9 Å². The highest BCUT2D eigenvalue weighted by Gasteiger charge is 2.03. The van der Waals surface area contributed by atoms with E-state index in [0.717, 1.165) is 12.8 Å². The molecule has 0 saturated carbocycles. The number of hydrogen-bond acceptors (Lipinski definition) is 3. The second kappa shape index (κ2) is 6.49. The molecular weight excluding hydrogens is 164 g/mol. The maximum Gasteiger partial charge on any atom is 0.366 e. The fourth-order valence-electron chi connectivity index (χ4n) is 0.570. The summed E-state index contributed by atoms with van der Waals surface area (Å²) in [5, 5.41) is -0.603. The number of ether oxygens (including phenoxy) is 2. The Morgan fingerprint density at radius 1 is 1.64 bits per heavy atom. The zero-order chi connectivity index (χ0) is 8.69. The molecule has 0 saturated heterocycles. The molecule has 0 aromatic heterocycles. The van der Waals surface area contributed by atoms with Gasteiger partial charge < -0.3 is 9.47 Å². The van der Waals surface area contributed by atoms with Crippen LogP contribution in [0.2, 0.25) is 0 Å². The van der Waals surface area contributed by atoms with Crippen molar-refractivity contribution in [2.45, 2.75) is 33.0 Å². The molecule has 0 radical (unpaired) electrons. The lowest BCUT2D eigenvalue weighted by Gasteiger charge is -2.11. The van der Waals surface area contributed by atoms with Crippen molar-refractivity contribution in [1.29, 1.82) is 0 Å². The van der Waals surface area contributed by atoms with E-state index in [0.29, 0.717) is 6.61 Å². The number of thiol groups is 1. The molecule has 0 rings (SSSR count). The molecule has 0 spiro atoms. The van der Waals surface area contributed by atoms with Crippen LogP contribution in [0.5, 0.6) is 0 Å². The second-order valence-corrected chi connectivity index (χ2v) is 2.54. The van der Waals surface area contributed by atoms with Gasteiger partial charge in [-0.2, -0.15) is 0 Å². The van der Waals surface area contributed by atoms with Gasteiger partial charge >= 0.3 is 5.30 Å². The van der Waals surface area contributed by atoms with Crippen LogP contribution in [0.1, 0.15) is 26.7 Å². The van der Waals surface area contributed by atoms with Crippen LogP contribution in [0.4, 0.5) is 4.79 Å². The number of hydrogen-bond donors (Lipinski definition) is 1. The van der Waals surface area contributed by atoms with Crippen LogP contribution in [0.15, 0.2) is 0 Å². The van der Waals surface area contributed by atoms with Crippen LogP contribution in [0, 0.1) is 0 Å². The minimum absolute atomic E-state index is 0.480. The molecule has 0 aliphatic carbocycles. The Kier molecular flexibility index (Phi) is 6.36. The number of carbonyl (C=O) groups is 1. The van der Waals surface area contributed by atoms with Gasteiger partial charge in [-0.3, -0.25) is 0 Å². The summed E-state index contributed by atoms with van der Waals surface area (Å²) in [5.74, 6) is 0. The van der Waals surface area contributed by atoms with Crippen molar-refractivity contribution in [3.05, 3.63) is 0 Å². The quantitative estimate of drug-likeness (QED) is 0.303. The summed E-state index contributed by atoms with van der Waals surface area (Å²) >= 11 is 3.44. The Morgan fingerprint density at radius 2 is 2.27 bits per heavy atom. The minimum atomic E-state index is -0.603. The van der Waals surface area contributed by atoms with E-state index in [4.69, 9.17) is 4.74 Å². The molecule has 0 bridgehead atoms. The summed E-state index contributed by atoms with van der Waals surface area (Å²) in [5.41, 5.74) is 0. The van der Waals surface area contributed by atoms with E-state index < -0.39 is 11.6 Å². The smallest absolute Gasteiger partial charge is 0.366 e. The zero-order valence-electron chi connectivity index (χ0n) is 6.87. The molecule has 0 heterocycles. The lowest BCUT2D eigenvalue weighted by Crippen LogP contribution is -2.14. The van der Waals surface area contributed by atoms with Crippen molar-refractivity contribution < 1.29 is 14.3 Å². The minimum Gasteiger partial charge on any atom is -0.428 e. The molecule has 1 atom stereocenters. The predicted molar refractivity (Wildman–Crippen MR) is 45.8 cm³/mol. The molecule has 1 unspecified atom stereocenters. The average Bonchev–Trinajstić information content (AvgIpc) is 1.86. The molecule has 11 heavy (non-hydrogen) atoms. The molecule has 0 aliphatic rings. The number of unbranched alkanes of at least 4 members (excludes halogenated alkanes) is 1. The van der Waals surface area contributed by atoms with E-state index in [1.165, 1.54) is 0 Å². The SMILES string of the molecule is CCCCOC(C)OC(=O)S. The lowest BCUT2D eigenvalue weighted by atomic mass is 10.4. The summed E-state index contributed by atoms with van der Waals surface area (Å²) in [4.78, 5) is 10.2. The van der Waals surface area contributed by atoms with Crippen LogP contribution in [-0.2, 0) is 9.47 Å². The standard InChI is InChI=1S/C7H14O3S/c1-3-4-5-9-6(2)10-7(8)11/h6H,3-5H2,1-2H3,(H,8,11). The molecular formula is C7H14O3S. The Bertz CT molecular complexity index is 116. The molecule has 4 heteroatoms. The highest BCUT2D eigenvalue weighted by Crippen LogP contribution is 1.99. The van der Waals surface area contributed by atoms with Crippen molar-refractivity contribution in [1.82, 2.24) is 0 Å². The van der Waals surface area contributed by atoms with E-state index >= 15 is 0 Å². The maximum absolute atomic E-state index is 10.2. The van der Waals surface area contributed by atoms with Gasteiger partial charge in [0.25, 0.3) is 0 Å². The largest absolute Gasteiger partial charge is 0.428 e. The second-order valence-electron chi connectivity index (χ2n) is 2.18. The van der Waals surface area contributed by atoms with E-state index in [-0.39, 0.29) is 0 Å². The van der Waals surface area contributed by atoms with Gasteiger partial charge in [0.05, 0.1) is 6.61 Å². The third-order valence-corrected chi connectivity index (χ3v) is 1.22. The van der Waals surface area contributed by atoms with E-state index in [2.05, 4.69) is 24.3 Å². The number of rotatable bonds is 5. The zero-order valence-corrected chi connectivity index (χ0v) is 7.77. The maximum atomic E-state index is 10.2. The third-order valence-electron chi connectivity index (χ3n) is 1.12. The van der Waals surface area contributed by atoms with Gasteiger partial charge in [0, 0.05) is 0 Å². The van der Waals surface area contributed by atoms with Crippen molar-refractivity contribution in [2.75, 3.05) is 6.61 Å². The summed E-state index contributed by atoms with van der Waals surface area (Å²) in [6, 6.07) is 0. The van der Waals surface area contributed by atoms with Gasteiger partial charge in [-0.25, -0.2) is 4.79 Å². The summed E-state index contributed by atoms with van der Waals surface area (Å²) in [6.45, 7) is 4.36. The molecule has 3 nitrogen and oxygen atoms in total. The molecule has 0 fully saturated rings. The van der Waals surface area contributed by atoms with E-state index in [1.54, 1.807) is 6.92 Å². The Balaban J connectivity index is 3.22. The molecule has 0 amide bonds. The van der Waals surface area contributed by atoms with Crippen LogP contribution in [-0.4, -0.2) is 18.2 Å². The van der Waals surface area contributed by atoms with Crippen molar-refractivity contribution in [2.24, 2.45) is 0 Å². The van der Waals surface area contributed by atoms with Gasteiger partial charge in [-0.05, 0) is 13.3 Å². The monoisotopic (exact) mass is 178 g/mol. The van der Waals surface area contributed by atoms with Crippen LogP contribution < -0.4 is 0 Å². The van der Waals surface area contributed by atoms with Gasteiger partial charge in [-0.1, -0.05) is 26.0 Å². The van der Waals surface area contributed by atoms with Crippen LogP contribution in [0.3, 0.4) is 0 Å². The summed E-state index contributed by atoms with van der Waals surface area (Å²) in [7, 11) is 0. The first kappa shape index (κ1) is 10.8. The normalized spacial score (nSPS) is 12.6. The summed E-state index contributed by atoms with van der Waals surface area (Å²) < 4.78 is 9.70. The number of carbonyl (C=O) groups excluding carboxylic acids is 1. The van der Waals surface area contributed by atoms with Crippen molar-refractivity contribution in [3.8, 4) is 0 Å². The first-order chi connectivity index (χ1) is 5.16. The molecule has 0 N–H and O–H groups in total. The van der Waals surface area contributed by atoms with E-state index in [1.807, 2.05) is 0 Å². The van der Waals surface area contributed by atoms with Crippen LogP contribution >= 0.6 is 12.6 Å². The van der Waals surface area contributed by atoms with Gasteiger partial charge in [0.15, 0.2) is 0 Å². The topological polar surface area (TPSA) is 35.5 Å². The van der Waals surface area contributed by atoms with Crippen molar-refractivity contribution in [3.63, 3.8) is 0 Å². The lowest BCUT2D eigenvalue weighted by molar-refractivity contribution is -0.0840. The Hall–Kier alpha value is -0.220. The molecule has 66 valence electrons. The fraction of sp³-hybridized carbons (Fsp3) is 0.857. The summed E-state index contributed by atoms with van der Waals surface area (Å²) in [6.07, 6.45) is 1.57. The molecule has 0 aromatic carbocycles. The average molecular weight is 178 g/mol. The Labute approximate surface area is 72.5 Å². The first-order valence-electron chi connectivity index (χ1n) is 3.68. The first-order valence-corrected chi connectivity index (χ1v) is 4.12. The Morgan fingerprint density at radius 3 is 2.73 bits per heavy atom. The highest BCUT2D eigenvalue weighted by atomic mass is 32.1. The van der Waals surface area contributed by atoms with E-state index in [9.17, 15) is 4.79 Å². The fourth-order valence-corrected chi connectivity index (χ4v) is 0.718. The third kappa shape index (κ3) is 7.68. The van der Waals surface area contributed by atoms with Gasteiger partial charge in [-0.15, -0.1) is 0 Å². The van der Waals surface area contributed by atoms with Crippen LogP contribution in [0.25, 0.3) is 0 Å². The molecule has 0 aliphatic heterocycles. The molecule has 0 aromatic rings. The van der Waals surface area contributed by atoms with Gasteiger partial charge in [0.2, 0.25) is 6.29 Å². The van der Waals surface area contributed by atoms with Gasteiger partial charge in [0.1, 0.15) is 0 Å². The predicted octanol–water partition coefficient (Wildman–Crippen LogP) is 2.22. The highest BCUT2D eigenvalue weighted by molar-refractivity contribution is 7.96.